The molecule has 0 unspecified atom stereocenters. The summed E-state index contributed by atoms with van der Waals surface area (Å²) in [6.45, 7) is 0.719. The third-order valence-corrected chi connectivity index (χ3v) is 8.79. The van der Waals surface area contributed by atoms with Gasteiger partial charge in [-0.2, -0.15) is 13.2 Å². The Bertz CT molecular complexity index is 1290. The number of hydrogen-bond donors (Lipinski definition) is 0. The van der Waals surface area contributed by atoms with Crippen molar-refractivity contribution in [3.63, 3.8) is 0 Å². The van der Waals surface area contributed by atoms with E-state index < -0.39 is 41.4 Å². The average molecular weight is 596 g/mol. The molecule has 220 valence electrons. The van der Waals surface area contributed by atoms with Crippen molar-refractivity contribution in [2.24, 2.45) is 11.3 Å². The van der Waals surface area contributed by atoms with Gasteiger partial charge in [0.15, 0.2) is 0 Å². The predicted octanol–water partition coefficient (Wildman–Crippen LogP) is 5.49. The second-order valence-corrected chi connectivity index (χ2v) is 11.5. The van der Waals surface area contributed by atoms with Crippen LogP contribution in [-0.2, 0) is 9.59 Å². The number of piperidine rings is 1. The number of alkyl halides is 3. The maximum atomic E-state index is 13.6. The molecule has 0 bridgehead atoms. The standard InChI is InChI=1S/C29H30ClF4N3O4/c1-35(27(40)41-22-8-6-21(31)7-9-22)24-17-37(16-23(24)18-2-4-20(30)5-3-18)25(38)19-10-14-36(15-11-19)26(39)28(12-13-28)29(32,33)34/h2-9,19,23-24H,10-17H2,1H3/t23-,24+/m0/s1. The lowest BCUT2D eigenvalue weighted by Gasteiger charge is -2.35. The molecule has 3 aliphatic rings. The fourth-order valence-electron chi connectivity index (χ4n) is 5.84. The molecule has 2 aromatic rings. The van der Waals surface area contributed by atoms with Gasteiger partial charge >= 0.3 is 12.3 Å². The second-order valence-electron chi connectivity index (χ2n) is 11.0. The number of nitrogens with zero attached hydrogens (tertiary/aromatic N) is 3. The fraction of sp³-hybridized carbons (Fsp3) is 0.483. The van der Waals surface area contributed by atoms with Crippen LogP contribution in [0.2, 0.25) is 5.02 Å². The highest BCUT2D eigenvalue weighted by atomic mass is 35.5. The summed E-state index contributed by atoms with van der Waals surface area (Å²) < 4.78 is 59.0. The molecule has 2 saturated heterocycles. The highest BCUT2D eigenvalue weighted by molar-refractivity contribution is 6.30. The lowest BCUT2D eigenvalue weighted by atomic mass is 9.93. The van der Waals surface area contributed by atoms with Crippen LogP contribution in [0.4, 0.5) is 22.4 Å². The van der Waals surface area contributed by atoms with E-state index in [9.17, 15) is 31.9 Å². The first kappa shape index (κ1) is 29.2. The Labute approximate surface area is 240 Å². The van der Waals surface area contributed by atoms with Crippen molar-refractivity contribution in [3.8, 4) is 5.75 Å². The molecule has 2 atom stereocenters. The van der Waals surface area contributed by atoms with Crippen molar-refractivity contribution >= 4 is 29.5 Å². The fourth-order valence-corrected chi connectivity index (χ4v) is 5.97. The van der Waals surface area contributed by atoms with Gasteiger partial charge in [-0.1, -0.05) is 23.7 Å². The molecule has 2 heterocycles. The molecule has 3 amide bonds. The number of carbonyl (C=O) groups is 3. The highest BCUT2D eigenvalue weighted by Crippen LogP contribution is 2.58. The maximum Gasteiger partial charge on any atom is 0.415 e. The van der Waals surface area contributed by atoms with Crippen LogP contribution in [0.3, 0.4) is 0 Å². The van der Waals surface area contributed by atoms with Crippen molar-refractivity contribution in [2.75, 3.05) is 33.2 Å². The van der Waals surface area contributed by atoms with Crippen molar-refractivity contribution in [1.82, 2.24) is 14.7 Å². The molecule has 2 aromatic carbocycles. The third kappa shape index (κ3) is 5.86. The highest BCUT2D eigenvalue weighted by Gasteiger charge is 2.69. The number of likely N-dealkylation sites (tertiary alicyclic amines) is 2. The van der Waals surface area contributed by atoms with Gasteiger partial charge in [-0.3, -0.25) is 9.59 Å². The Morgan fingerprint density at radius 2 is 1.56 bits per heavy atom. The number of ether oxygens (including phenoxy) is 1. The molecule has 0 aromatic heterocycles. The van der Waals surface area contributed by atoms with Gasteiger partial charge in [0.05, 0.1) is 6.04 Å². The Morgan fingerprint density at radius 1 is 0.951 bits per heavy atom. The number of likely N-dealkylation sites (N-methyl/N-ethyl adjacent to an activating group) is 1. The van der Waals surface area contributed by atoms with Gasteiger partial charge in [0, 0.05) is 50.1 Å². The molecule has 1 aliphatic carbocycles. The second kappa shape index (κ2) is 11.2. The van der Waals surface area contributed by atoms with Gasteiger partial charge in [0.2, 0.25) is 11.8 Å². The average Bonchev–Trinajstić information content (AvgIpc) is 3.67. The van der Waals surface area contributed by atoms with E-state index in [0.717, 1.165) is 5.56 Å². The summed E-state index contributed by atoms with van der Waals surface area (Å²) in [5.41, 5.74) is -1.39. The summed E-state index contributed by atoms with van der Waals surface area (Å²) in [5, 5.41) is 0.542. The Kier molecular flexibility index (Phi) is 7.93. The Morgan fingerprint density at radius 3 is 2.12 bits per heavy atom. The van der Waals surface area contributed by atoms with Crippen LogP contribution in [0.25, 0.3) is 0 Å². The molecule has 7 nitrogen and oxygen atoms in total. The van der Waals surface area contributed by atoms with E-state index in [0.29, 0.717) is 11.6 Å². The minimum absolute atomic E-state index is 0.0921. The summed E-state index contributed by atoms with van der Waals surface area (Å²) in [6, 6.07) is 11.8. The Balaban J connectivity index is 1.26. The molecule has 0 N–H and O–H groups in total. The van der Waals surface area contributed by atoms with Crippen molar-refractivity contribution in [3.05, 3.63) is 64.9 Å². The molecule has 0 radical (unpaired) electrons. The monoisotopic (exact) mass is 595 g/mol. The van der Waals surface area contributed by atoms with E-state index >= 15 is 0 Å². The lowest BCUT2D eigenvalue weighted by Crippen LogP contribution is -2.49. The maximum absolute atomic E-state index is 13.6. The topological polar surface area (TPSA) is 70.2 Å². The molecule has 41 heavy (non-hydrogen) atoms. The molecule has 1 saturated carbocycles. The molecule has 3 fully saturated rings. The number of rotatable bonds is 5. The van der Waals surface area contributed by atoms with Crippen LogP contribution in [0.1, 0.15) is 37.2 Å². The van der Waals surface area contributed by atoms with Crippen LogP contribution < -0.4 is 4.74 Å². The van der Waals surface area contributed by atoms with Crippen LogP contribution in [0.5, 0.6) is 5.75 Å². The summed E-state index contributed by atoms with van der Waals surface area (Å²) in [5.74, 6) is -2.03. The quantitative estimate of drug-likeness (QED) is 0.429. The van der Waals surface area contributed by atoms with E-state index in [-0.39, 0.29) is 62.9 Å². The van der Waals surface area contributed by atoms with E-state index in [1.54, 1.807) is 24.1 Å². The van der Waals surface area contributed by atoms with Crippen molar-refractivity contribution < 1.29 is 36.7 Å². The van der Waals surface area contributed by atoms with E-state index in [4.69, 9.17) is 16.3 Å². The first-order valence-electron chi connectivity index (χ1n) is 13.5. The largest absolute Gasteiger partial charge is 0.415 e. The zero-order chi connectivity index (χ0) is 29.5. The van der Waals surface area contributed by atoms with Gasteiger partial charge in [0.25, 0.3) is 0 Å². The number of halogens is 5. The van der Waals surface area contributed by atoms with Crippen LogP contribution >= 0.6 is 11.6 Å². The number of benzene rings is 2. The third-order valence-electron chi connectivity index (χ3n) is 8.54. The minimum atomic E-state index is -4.57. The zero-order valence-corrected chi connectivity index (χ0v) is 23.1. The zero-order valence-electron chi connectivity index (χ0n) is 22.4. The Hall–Kier alpha value is -3.34. The van der Waals surface area contributed by atoms with Gasteiger partial charge in [-0.05, 0) is 67.6 Å². The van der Waals surface area contributed by atoms with Crippen LogP contribution in [-0.4, -0.2) is 78.1 Å². The smallest absolute Gasteiger partial charge is 0.410 e. The van der Waals surface area contributed by atoms with Gasteiger partial charge in [-0.25, -0.2) is 9.18 Å². The number of amides is 3. The SMILES string of the molecule is CN(C(=O)Oc1ccc(F)cc1)[C@@H]1CN(C(=O)C2CCN(C(=O)C3(C(F)(F)F)CC3)CC2)C[C@H]1c1ccc(Cl)cc1. The van der Waals surface area contributed by atoms with Crippen molar-refractivity contribution in [1.29, 1.82) is 0 Å². The summed E-state index contributed by atoms with van der Waals surface area (Å²) in [6.07, 6.45) is -5.07. The number of hydrogen-bond acceptors (Lipinski definition) is 4. The van der Waals surface area contributed by atoms with Gasteiger partial charge < -0.3 is 19.4 Å². The first-order chi connectivity index (χ1) is 19.4. The molecule has 5 rings (SSSR count). The molecular formula is C29H30ClF4N3O4. The molecule has 12 heteroatoms. The van der Waals surface area contributed by atoms with E-state index in [2.05, 4.69) is 0 Å². The van der Waals surface area contributed by atoms with Crippen LogP contribution in [0, 0.1) is 17.2 Å². The lowest BCUT2D eigenvalue weighted by molar-refractivity contribution is -0.199. The van der Waals surface area contributed by atoms with Crippen molar-refractivity contribution in [2.45, 2.75) is 43.8 Å². The van der Waals surface area contributed by atoms with E-state index in [1.165, 1.54) is 34.1 Å². The summed E-state index contributed by atoms with van der Waals surface area (Å²) in [4.78, 5) is 43.6. The van der Waals surface area contributed by atoms with Crippen LogP contribution in [0.15, 0.2) is 48.5 Å². The molecule has 0 spiro atoms. The molecular weight excluding hydrogens is 566 g/mol. The normalized spacial score (nSPS) is 22.4. The minimum Gasteiger partial charge on any atom is -0.410 e. The number of carbonyl (C=O) groups excluding carboxylic acids is 3. The first-order valence-corrected chi connectivity index (χ1v) is 13.9. The van der Waals surface area contributed by atoms with Gasteiger partial charge in [-0.15, -0.1) is 0 Å². The molecule has 2 aliphatic heterocycles. The summed E-state index contributed by atoms with van der Waals surface area (Å²) >= 11 is 6.07. The predicted molar refractivity (Wildman–Crippen MR) is 142 cm³/mol. The summed E-state index contributed by atoms with van der Waals surface area (Å²) in [7, 11) is 1.58. The van der Waals surface area contributed by atoms with Gasteiger partial charge in [0.1, 0.15) is 17.0 Å². The van der Waals surface area contributed by atoms with E-state index in [1.807, 2.05) is 12.1 Å².